The molecule has 0 saturated carbocycles. The maximum atomic E-state index is 13.6. The SMILES string of the molecule is C#CCOc1ccc([C@@H]2C(C(=O)Nc3ccc(C)cn3)=C(C)NC3=C2C(=O)C[C@H](C)C3)cc1OC. The van der Waals surface area contributed by atoms with Crippen LogP contribution in [-0.4, -0.2) is 30.4 Å². The van der Waals surface area contributed by atoms with Crippen molar-refractivity contribution in [1.82, 2.24) is 10.3 Å². The van der Waals surface area contributed by atoms with Gasteiger partial charge in [0, 0.05) is 41.1 Å². The number of nitrogens with zero attached hydrogens (tertiary/aromatic N) is 1. The van der Waals surface area contributed by atoms with Crippen LogP contribution < -0.4 is 20.1 Å². The van der Waals surface area contributed by atoms with Crippen molar-refractivity contribution in [1.29, 1.82) is 0 Å². The largest absolute Gasteiger partial charge is 0.493 e. The number of aryl methyl sites for hydroxylation is 1. The molecule has 0 fully saturated rings. The predicted molar refractivity (Wildman–Crippen MR) is 134 cm³/mol. The first kappa shape index (κ1) is 24.1. The molecule has 0 bridgehead atoms. The van der Waals surface area contributed by atoms with Gasteiger partial charge in [-0.3, -0.25) is 9.59 Å². The number of ether oxygens (including phenoxy) is 2. The smallest absolute Gasteiger partial charge is 0.255 e. The van der Waals surface area contributed by atoms with Crippen molar-refractivity contribution in [2.24, 2.45) is 5.92 Å². The molecule has 1 aromatic carbocycles. The van der Waals surface area contributed by atoms with Crippen LogP contribution in [0, 0.1) is 25.2 Å². The molecule has 2 aliphatic rings. The third-order valence-corrected chi connectivity index (χ3v) is 6.26. The van der Waals surface area contributed by atoms with Crippen molar-refractivity contribution in [3.05, 3.63) is 70.2 Å². The van der Waals surface area contributed by atoms with Gasteiger partial charge in [0.05, 0.1) is 7.11 Å². The number of methoxy groups -OCH3 is 1. The molecule has 7 heteroatoms. The average molecular weight is 472 g/mol. The van der Waals surface area contributed by atoms with E-state index in [1.165, 1.54) is 0 Å². The molecule has 1 amide bonds. The molecule has 2 aromatic rings. The van der Waals surface area contributed by atoms with E-state index in [0.717, 1.165) is 23.2 Å². The number of pyridine rings is 1. The summed E-state index contributed by atoms with van der Waals surface area (Å²) in [5.74, 6) is 3.24. The number of terminal acetylenes is 1. The molecule has 2 N–H and O–H groups in total. The summed E-state index contributed by atoms with van der Waals surface area (Å²) in [5, 5.41) is 6.25. The molecule has 2 atom stereocenters. The molecular weight excluding hydrogens is 442 g/mol. The maximum absolute atomic E-state index is 13.6. The van der Waals surface area contributed by atoms with E-state index < -0.39 is 5.92 Å². The van der Waals surface area contributed by atoms with E-state index in [2.05, 4.69) is 28.5 Å². The molecule has 0 spiro atoms. The van der Waals surface area contributed by atoms with Crippen LogP contribution in [-0.2, 0) is 9.59 Å². The van der Waals surface area contributed by atoms with Crippen LogP contribution in [0.1, 0.15) is 43.7 Å². The van der Waals surface area contributed by atoms with Gasteiger partial charge in [0.2, 0.25) is 0 Å². The Bertz CT molecular complexity index is 1270. The van der Waals surface area contributed by atoms with Gasteiger partial charge in [-0.25, -0.2) is 4.98 Å². The fourth-order valence-electron chi connectivity index (χ4n) is 4.70. The average Bonchev–Trinajstić information content (AvgIpc) is 2.82. The first-order valence-corrected chi connectivity index (χ1v) is 11.5. The minimum absolute atomic E-state index is 0.0362. The van der Waals surface area contributed by atoms with Gasteiger partial charge in [-0.15, -0.1) is 6.42 Å². The molecular formula is C28H29N3O4. The number of amides is 1. The van der Waals surface area contributed by atoms with Crippen LogP contribution in [0.15, 0.2) is 59.1 Å². The number of nitrogens with one attached hydrogen (secondary N) is 2. The summed E-state index contributed by atoms with van der Waals surface area (Å²) < 4.78 is 11.1. The minimum Gasteiger partial charge on any atom is -0.493 e. The molecule has 7 nitrogen and oxygen atoms in total. The summed E-state index contributed by atoms with van der Waals surface area (Å²) in [5.41, 5.74) is 4.41. The van der Waals surface area contributed by atoms with E-state index >= 15 is 0 Å². The number of hydrogen-bond acceptors (Lipinski definition) is 6. The number of rotatable bonds is 6. The number of benzene rings is 1. The second-order valence-electron chi connectivity index (χ2n) is 9.00. The summed E-state index contributed by atoms with van der Waals surface area (Å²) in [6.07, 6.45) is 8.20. The fourth-order valence-corrected chi connectivity index (χ4v) is 4.70. The van der Waals surface area contributed by atoms with Crippen LogP contribution >= 0.6 is 0 Å². The van der Waals surface area contributed by atoms with Crippen molar-refractivity contribution in [3.8, 4) is 23.8 Å². The molecule has 0 unspecified atom stereocenters. The molecule has 0 radical (unpaired) electrons. The van der Waals surface area contributed by atoms with Gasteiger partial charge in [0.15, 0.2) is 17.3 Å². The zero-order valence-corrected chi connectivity index (χ0v) is 20.4. The van der Waals surface area contributed by atoms with E-state index in [1.807, 2.05) is 32.0 Å². The van der Waals surface area contributed by atoms with Crippen LogP contribution in [0.2, 0.25) is 0 Å². The highest BCUT2D eigenvalue weighted by Gasteiger charge is 2.40. The second kappa shape index (κ2) is 10.1. The van der Waals surface area contributed by atoms with Gasteiger partial charge >= 0.3 is 0 Å². The number of carbonyl (C=O) groups excluding carboxylic acids is 2. The summed E-state index contributed by atoms with van der Waals surface area (Å²) >= 11 is 0. The highest BCUT2D eigenvalue weighted by atomic mass is 16.5. The number of hydrogen-bond donors (Lipinski definition) is 2. The van der Waals surface area contributed by atoms with Crippen LogP contribution in [0.3, 0.4) is 0 Å². The summed E-state index contributed by atoms with van der Waals surface area (Å²) in [6, 6.07) is 9.06. The monoisotopic (exact) mass is 471 g/mol. The number of ketones is 1. The molecule has 0 saturated heterocycles. The normalized spacial score (nSPS) is 19.5. The molecule has 1 aliphatic heterocycles. The number of dihydropyridines is 1. The lowest BCUT2D eigenvalue weighted by molar-refractivity contribution is -0.117. The number of aromatic nitrogens is 1. The van der Waals surface area contributed by atoms with E-state index in [9.17, 15) is 9.59 Å². The van der Waals surface area contributed by atoms with Gasteiger partial charge in [0.25, 0.3) is 5.91 Å². The minimum atomic E-state index is -0.563. The topological polar surface area (TPSA) is 89.5 Å². The Labute approximate surface area is 205 Å². The second-order valence-corrected chi connectivity index (χ2v) is 9.00. The Morgan fingerprint density at radius 3 is 2.71 bits per heavy atom. The number of allylic oxidation sites excluding steroid dienone is 3. The summed E-state index contributed by atoms with van der Waals surface area (Å²) in [4.78, 5) is 31.2. The molecule has 1 aromatic heterocycles. The van der Waals surface area contributed by atoms with Crippen LogP contribution in [0.4, 0.5) is 5.82 Å². The van der Waals surface area contributed by atoms with Gasteiger partial charge in [-0.1, -0.05) is 25.0 Å². The van der Waals surface area contributed by atoms with Crippen LogP contribution in [0.5, 0.6) is 11.5 Å². The zero-order valence-electron chi connectivity index (χ0n) is 20.4. The zero-order chi connectivity index (χ0) is 25.1. The van der Waals surface area contributed by atoms with Crippen molar-refractivity contribution in [2.75, 3.05) is 19.0 Å². The van der Waals surface area contributed by atoms with Gasteiger partial charge < -0.3 is 20.1 Å². The van der Waals surface area contributed by atoms with Crippen molar-refractivity contribution >= 4 is 17.5 Å². The lowest BCUT2D eigenvalue weighted by Crippen LogP contribution is -2.37. The lowest BCUT2D eigenvalue weighted by atomic mass is 9.73. The quantitative estimate of drug-likeness (QED) is 0.612. The van der Waals surface area contributed by atoms with E-state index in [1.54, 1.807) is 25.4 Å². The van der Waals surface area contributed by atoms with Crippen molar-refractivity contribution < 1.29 is 19.1 Å². The molecule has 4 rings (SSSR count). The predicted octanol–water partition coefficient (Wildman–Crippen LogP) is 4.26. The number of carbonyl (C=O) groups is 2. The van der Waals surface area contributed by atoms with E-state index in [0.29, 0.717) is 40.6 Å². The highest BCUT2D eigenvalue weighted by Crippen LogP contribution is 2.45. The van der Waals surface area contributed by atoms with Gasteiger partial charge in [-0.2, -0.15) is 0 Å². The summed E-state index contributed by atoms with van der Waals surface area (Å²) in [6.45, 7) is 5.95. The molecule has 180 valence electrons. The first-order chi connectivity index (χ1) is 16.8. The van der Waals surface area contributed by atoms with Crippen molar-refractivity contribution in [2.45, 2.75) is 39.5 Å². The number of anilines is 1. The Balaban J connectivity index is 1.80. The third-order valence-electron chi connectivity index (χ3n) is 6.26. The Morgan fingerprint density at radius 1 is 1.23 bits per heavy atom. The molecule has 1 aliphatic carbocycles. The fraction of sp³-hybridized carbons (Fsp3) is 0.321. The van der Waals surface area contributed by atoms with E-state index in [-0.39, 0.29) is 24.2 Å². The van der Waals surface area contributed by atoms with Crippen molar-refractivity contribution in [3.63, 3.8) is 0 Å². The van der Waals surface area contributed by atoms with Crippen LogP contribution in [0.25, 0.3) is 0 Å². The Morgan fingerprint density at radius 2 is 2.03 bits per heavy atom. The Hall–Kier alpha value is -4.05. The summed E-state index contributed by atoms with van der Waals surface area (Å²) in [7, 11) is 1.54. The lowest BCUT2D eigenvalue weighted by Gasteiger charge is -2.36. The standard InChI is InChI=1S/C28H29N3O4/c1-6-11-35-22-9-8-19(14-23(22)34-5)26-25(28(33)31-24-10-7-16(2)15-29-24)18(4)30-20-12-17(3)13-21(32)27(20)26/h1,7-10,14-15,17,26,30H,11-13H2,2-5H3,(H,29,31,33)/t17-,26-/m1/s1. The maximum Gasteiger partial charge on any atom is 0.255 e. The molecule has 2 heterocycles. The number of Topliss-reactive ketones (excluding diaryl/α,β-unsaturated/α-hetero) is 1. The molecule has 35 heavy (non-hydrogen) atoms. The Kier molecular flexibility index (Phi) is 6.92. The van der Waals surface area contributed by atoms with E-state index in [4.69, 9.17) is 15.9 Å². The van der Waals surface area contributed by atoms with Gasteiger partial charge in [-0.05, 0) is 55.5 Å². The first-order valence-electron chi connectivity index (χ1n) is 11.5. The van der Waals surface area contributed by atoms with Gasteiger partial charge in [0.1, 0.15) is 12.4 Å². The highest BCUT2D eigenvalue weighted by molar-refractivity contribution is 6.09. The third kappa shape index (κ3) is 4.92.